The van der Waals surface area contributed by atoms with Gasteiger partial charge in [0.1, 0.15) is 6.04 Å². The first kappa shape index (κ1) is 15.8. The molecule has 1 amide bonds. The van der Waals surface area contributed by atoms with Gasteiger partial charge >= 0.3 is 5.97 Å². The number of aliphatic carboxylic acids is 1. The molecule has 1 heterocycles. The van der Waals surface area contributed by atoms with Crippen LogP contribution in [0.25, 0.3) is 11.3 Å². The van der Waals surface area contributed by atoms with Crippen molar-refractivity contribution in [2.75, 3.05) is 0 Å². The van der Waals surface area contributed by atoms with E-state index in [1.165, 1.54) is 6.39 Å². The van der Waals surface area contributed by atoms with E-state index in [-0.39, 0.29) is 0 Å². The Morgan fingerprint density at radius 2 is 2.05 bits per heavy atom. The van der Waals surface area contributed by atoms with Crippen molar-refractivity contribution in [3.8, 4) is 11.3 Å². The first-order valence-corrected chi connectivity index (χ1v) is 7.14. The number of rotatable bonds is 7. The zero-order chi connectivity index (χ0) is 15.9. The molecule has 0 unspecified atom stereocenters. The van der Waals surface area contributed by atoms with Crippen molar-refractivity contribution in [1.82, 2.24) is 10.3 Å². The largest absolute Gasteiger partial charge is 0.480 e. The molecule has 116 valence electrons. The average Bonchev–Trinajstić information content (AvgIpc) is 3.05. The van der Waals surface area contributed by atoms with Crippen LogP contribution in [0.4, 0.5) is 0 Å². The molecule has 0 aliphatic rings. The minimum Gasteiger partial charge on any atom is -0.480 e. The molecule has 6 heteroatoms. The van der Waals surface area contributed by atoms with E-state index in [2.05, 4.69) is 10.3 Å². The molecule has 0 saturated carbocycles. The van der Waals surface area contributed by atoms with Crippen molar-refractivity contribution in [3.63, 3.8) is 0 Å². The molecular formula is C16H18N2O4. The van der Waals surface area contributed by atoms with Gasteiger partial charge in [0.15, 0.2) is 12.2 Å². The fourth-order valence-corrected chi connectivity index (χ4v) is 2.05. The van der Waals surface area contributed by atoms with Crippen molar-refractivity contribution in [2.45, 2.75) is 32.2 Å². The summed E-state index contributed by atoms with van der Waals surface area (Å²) in [4.78, 5) is 27.1. The standard InChI is InChI=1S/C16H18N2O4/c1-2-3-4-13(16(20)21)18-15(19)12-7-5-11(6-8-12)14-9-17-10-22-14/h5-10,13H,2-4H2,1H3,(H,18,19)(H,20,21)/t13-/m0/s1. The summed E-state index contributed by atoms with van der Waals surface area (Å²) in [5, 5.41) is 11.7. The predicted molar refractivity (Wildman–Crippen MR) is 80.4 cm³/mol. The molecule has 1 atom stereocenters. The summed E-state index contributed by atoms with van der Waals surface area (Å²) < 4.78 is 5.17. The number of carboxylic acid groups (broad SMARTS) is 1. The number of hydrogen-bond acceptors (Lipinski definition) is 4. The van der Waals surface area contributed by atoms with Crippen LogP contribution in [0.1, 0.15) is 36.5 Å². The minimum atomic E-state index is -1.01. The zero-order valence-electron chi connectivity index (χ0n) is 12.3. The number of hydrogen-bond donors (Lipinski definition) is 2. The van der Waals surface area contributed by atoms with E-state index in [1.807, 2.05) is 6.92 Å². The number of carboxylic acids is 1. The second kappa shape index (κ2) is 7.40. The first-order valence-electron chi connectivity index (χ1n) is 7.14. The highest BCUT2D eigenvalue weighted by molar-refractivity contribution is 5.96. The Morgan fingerprint density at radius 1 is 1.32 bits per heavy atom. The van der Waals surface area contributed by atoms with Crippen LogP contribution in [0.15, 0.2) is 41.3 Å². The Hall–Kier alpha value is -2.63. The van der Waals surface area contributed by atoms with Gasteiger partial charge in [0.25, 0.3) is 5.91 Å². The van der Waals surface area contributed by atoms with Gasteiger partial charge in [-0.05, 0) is 18.6 Å². The van der Waals surface area contributed by atoms with Gasteiger partial charge in [0, 0.05) is 11.1 Å². The molecule has 2 N–H and O–H groups in total. The maximum atomic E-state index is 12.1. The van der Waals surface area contributed by atoms with Gasteiger partial charge < -0.3 is 14.8 Å². The van der Waals surface area contributed by atoms with Crippen LogP contribution < -0.4 is 5.32 Å². The van der Waals surface area contributed by atoms with Crippen molar-refractivity contribution < 1.29 is 19.1 Å². The number of oxazole rings is 1. The number of unbranched alkanes of at least 4 members (excludes halogenated alkanes) is 1. The Morgan fingerprint density at radius 3 is 2.59 bits per heavy atom. The van der Waals surface area contributed by atoms with E-state index in [0.717, 1.165) is 18.4 Å². The number of nitrogens with zero attached hydrogens (tertiary/aromatic N) is 1. The number of carbonyl (C=O) groups excluding carboxylic acids is 1. The molecule has 6 nitrogen and oxygen atoms in total. The number of carbonyl (C=O) groups is 2. The summed E-state index contributed by atoms with van der Waals surface area (Å²) in [5.41, 5.74) is 1.21. The second-order valence-corrected chi connectivity index (χ2v) is 4.95. The van der Waals surface area contributed by atoms with E-state index in [9.17, 15) is 9.59 Å². The lowest BCUT2D eigenvalue weighted by molar-refractivity contribution is -0.139. The lowest BCUT2D eigenvalue weighted by atomic mass is 10.1. The van der Waals surface area contributed by atoms with Crippen molar-refractivity contribution in [3.05, 3.63) is 42.4 Å². The molecule has 1 aromatic heterocycles. The molecule has 22 heavy (non-hydrogen) atoms. The number of amides is 1. The number of benzene rings is 1. The maximum Gasteiger partial charge on any atom is 0.326 e. The summed E-state index contributed by atoms with van der Waals surface area (Å²) in [6.07, 6.45) is 4.97. The molecule has 0 aliphatic carbocycles. The highest BCUT2D eigenvalue weighted by atomic mass is 16.4. The monoisotopic (exact) mass is 302 g/mol. The Balaban J connectivity index is 2.04. The number of nitrogens with one attached hydrogen (secondary N) is 1. The molecule has 0 radical (unpaired) electrons. The van der Waals surface area contributed by atoms with Gasteiger partial charge in [-0.1, -0.05) is 31.9 Å². The van der Waals surface area contributed by atoms with Crippen molar-refractivity contribution >= 4 is 11.9 Å². The van der Waals surface area contributed by atoms with Gasteiger partial charge in [0.05, 0.1) is 6.20 Å². The highest BCUT2D eigenvalue weighted by Crippen LogP contribution is 2.18. The molecule has 0 fully saturated rings. The average molecular weight is 302 g/mol. The Bertz CT molecular complexity index is 620. The van der Waals surface area contributed by atoms with Gasteiger partial charge in [-0.3, -0.25) is 4.79 Å². The van der Waals surface area contributed by atoms with E-state index in [1.54, 1.807) is 30.5 Å². The molecule has 1 aromatic carbocycles. The maximum absolute atomic E-state index is 12.1. The van der Waals surface area contributed by atoms with E-state index >= 15 is 0 Å². The lowest BCUT2D eigenvalue weighted by Crippen LogP contribution is -2.40. The quantitative estimate of drug-likeness (QED) is 0.820. The smallest absolute Gasteiger partial charge is 0.326 e. The highest BCUT2D eigenvalue weighted by Gasteiger charge is 2.20. The molecular weight excluding hydrogens is 284 g/mol. The van der Waals surface area contributed by atoms with Gasteiger partial charge in [-0.25, -0.2) is 9.78 Å². The Kier molecular flexibility index (Phi) is 5.30. The summed E-state index contributed by atoms with van der Waals surface area (Å²) >= 11 is 0. The van der Waals surface area contributed by atoms with Crippen LogP contribution in [0.2, 0.25) is 0 Å². The van der Waals surface area contributed by atoms with Crippen LogP contribution in [0, 0.1) is 0 Å². The minimum absolute atomic E-state index is 0.396. The van der Waals surface area contributed by atoms with Gasteiger partial charge in [-0.2, -0.15) is 0 Å². The van der Waals surface area contributed by atoms with Crippen molar-refractivity contribution in [1.29, 1.82) is 0 Å². The van der Waals surface area contributed by atoms with E-state index in [4.69, 9.17) is 9.52 Å². The van der Waals surface area contributed by atoms with E-state index in [0.29, 0.717) is 17.7 Å². The van der Waals surface area contributed by atoms with Gasteiger partial charge in [0.2, 0.25) is 0 Å². The van der Waals surface area contributed by atoms with E-state index < -0.39 is 17.9 Å². The molecule has 0 aliphatic heterocycles. The van der Waals surface area contributed by atoms with Gasteiger partial charge in [-0.15, -0.1) is 0 Å². The normalized spacial score (nSPS) is 11.9. The summed E-state index contributed by atoms with van der Waals surface area (Å²) in [6, 6.07) is 5.87. The molecule has 0 spiro atoms. The molecule has 0 saturated heterocycles. The SMILES string of the molecule is CCCC[C@H](NC(=O)c1ccc(-c2cnco2)cc1)C(=O)O. The summed E-state index contributed by atoms with van der Waals surface area (Å²) in [7, 11) is 0. The fraction of sp³-hybridized carbons (Fsp3) is 0.312. The van der Waals surface area contributed by atoms with Crippen LogP contribution in [-0.4, -0.2) is 28.0 Å². The number of aromatic nitrogens is 1. The lowest BCUT2D eigenvalue weighted by Gasteiger charge is -2.14. The third-order valence-corrected chi connectivity index (χ3v) is 3.31. The molecule has 2 aromatic rings. The Labute approximate surface area is 128 Å². The van der Waals surface area contributed by atoms with Crippen LogP contribution >= 0.6 is 0 Å². The second-order valence-electron chi connectivity index (χ2n) is 4.95. The third kappa shape index (κ3) is 3.94. The molecule has 0 bridgehead atoms. The van der Waals surface area contributed by atoms with Crippen LogP contribution in [0.5, 0.6) is 0 Å². The summed E-state index contributed by atoms with van der Waals surface area (Å²) in [5.74, 6) is -0.800. The third-order valence-electron chi connectivity index (χ3n) is 3.31. The zero-order valence-corrected chi connectivity index (χ0v) is 12.3. The topological polar surface area (TPSA) is 92.4 Å². The fourth-order valence-electron chi connectivity index (χ4n) is 2.05. The summed E-state index contributed by atoms with van der Waals surface area (Å²) in [6.45, 7) is 1.98. The van der Waals surface area contributed by atoms with Crippen LogP contribution in [-0.2, 0) is 4.79 Å². The predicted octanol–water partition coefficient (Wildman–Crippen LogP) is 2.71. The molecule has 2 rings (SSSR count). The van der Waals surface area contributed by atoms with Crippen molar-refractivity contribution in [2.24, 2.45) is 0 Å². The first-order chi connectivity index (χ1) is 10.6. The van der Waals surface area contributed by atoms with Crippen LogP contribution in [0.3, 0.4) is 0 Å².